The number of amides is 1. The van der Waals surface area contributed by atoms with Gasteiger partial charge in [-0.05, 0) is 24.5 Å². The molecule has 166 valence electrons. The first kappa shape index (κ1) is 23.9. The Hall–Kier alpha value is -2.34. The Bertz CT molecular complexity index is 771. The Labute approximate surface area is 179 Å². The highest BCUT2D eigenvalue weighted by Crippen LogP contribution is 2.19. The summed E-state index contributed by atoms with van der Waals surface area (Å²) >= 11 is 0. The van der Waals surface area contributed by atoms with Crippen LogP contribution in [0.3, 0.4) is 0 Å². The van der Waals surface area contributed by atoms with Crippen molar-refractivity contribution >= 4 is 22.8 Å². The summed E-state index contributed by atoms with van der Waals surface area (Å²) in [7, 11) is 1.74. The van der Waals surface area contributed by atoms with E-state index in [2.05, 4.69) is 10.3 Å². The fourth-order valence-electron chi connectivity index (χ4n) is 3.76. The van der Waals surface area contributed by atoms with Crippen LogP contribution in [0.25, 0.3) is 10.9 Å². The van der Waals surface area contributed by atoms with Gasteiger partial charge in [-0.1, -0.05) is 63.1 Å². The number of nitrogens with one attached hydrogen (secondary N) is 2. The number of aliphatic carboxylic acids is 1. The minimum Gasteiger partial charge on any atom is -0.480 e. The molecule has 0 spiro atoms. The van der Waals surface area contributed by atoms with Crippen LogP contribution < -0.4 is 5.32 Å². The van der Waals surface area contributed by atoms with Gasteiger partial charge >= 0.3 is 5.97 Å². The molecule has 6 heteroatoms. The summed E-state index contributed by atoms with van der Waals surface area (Å²) in [4.78, 5) is 27.0. The first-order valence-corrected chi connectivity index (χ1v) is 11.2. The quantitative estimate of drug-likeness (QED) is 0.342. The predicted octanol–water partition coefficient (Wildman–Crippen LogP) is 4.83. The number of carbonyl (C=O) groups is 2. The molecule has 0 radical (unpaired) electrons. The fraction of sp³-hybridized carbons (Fsp3) is 0.583. The molecule has 0 fully saturated rings. The van der Waals surface area contributed by atoms with Crippen LogP contribution in [0.1, 0.15) is 69.8 Å². The van der Waals surface area contributed by atoms with Gasteiger partial charge in [0.05, 0.1) is 0 Å². The summed E-state index contributed by atoms with van der Waals surface area (Å²) in [5.74, 6) is -1.18. The van der Waals surface area contributed by atoms with Crippen LogP contribution in [0, 0.1) is 0 Å². The molecule has 0 aliphatic carbocycles. The highest BCUT2D eigenvalue weighted by molar-refractivity contribution is 5.86. The zero-order chi connectivity index (χ0) is 21.6. The van der Waals surface area contributed by atoms with Crippen molar-refractivity contribution in [2.75, 3.05) is 13.7 Å². The predicted molar refractivity (Wildman–Crippen MR) is 120 cm³/mol. The van der Waals surface area contributed by atoms with Crippen LogP contribution >= 0.6 is 0 Å². The Morgan fingerprint density at radius 1 is 1.00 bits per heavy atom. The highest BCUT2D eigenvalue weighted by Gasteiger charge is 2.21. The van der Waals surface area contributed by atoms with Crippen LogP contribution in [0.2, 0.25) is 0 Å². The zero-order valence-electron chi connectivity index (χ0n) is 18.1. The Morgan fingerprint density at radius 3 is 2.30 bits per heavy atom. The smallest absolute Gasteiger partial charge is 0.326 e. The number of carboxylic acid groups (broad SMARTS) is 1. The minimum absolute atomic E-state index is 0.180. The molecule has 0 saturated heterocycles. The van der Waals surface area contributed by atoms with Gasteiger partial charge in [-0.3, -0.25) is 4.79 Å². The van der Waals surface area contributed by atoms with Crippen molar-refractivity contribution in [3.8, 4) is 0 Å². The standard InChI is InChI=1S/C24H36N2O4/c1-30-16-12-8-6-4-2-3-5-7-9-15-23(27)26-22(24(28)29)17-19-18-25-21-14-11-10-13-20(19)21/h10-11,13-14,18,22,25H,2-9,12,15-17H2,1H3,(H,26,27)(H,28,29)/t22-/m1/s1. The lowest BCUT2D eigenvalue weighted by atomic mass is 10.0. The first-order valence-electron chi connectivity index (χ1n) is 11.2. The number of fused-ring (bicyclic) bond motifs is 1. The van der Waals surface area contributed by atoms with Crippen molar-refractivity contribution in [2.24, 2.45) is 0 Å². The minimum atomic E-state index is -1.00. The van der Waals surface area contributed by atoms with Crippen LogP contribution in [0.15, 0.2) is 30.5 Å². The van der Waals surface area contributed by atoms with Gasteiger partial charge in [-0.25, -0.2) is 4.79 Å². The molecule has 2 rings (SSSR count). The van der Waals surface area contributed by atoms with E-state index in [-0.39, 0.29) is 12.3 Å². The average molecular weight is 417 g/mol. The summed E-state index contributed by atoms with van der Waals surface area (Å²) < 4.78 is 5.05. The van der Waals surface area contributed by atoms with E-state index in [0.717, 1.165) is 48.8 Å². The van der Waals surface area contributed by atoms with Crippen LogP contribution in [-0.4, -0.2) is 41.7 Å². The number of rotatable bonds is 16. The number of ether oxygens (including phenoxy) is 1. The number of para-hydroxylation sites is 1. The van der Waals surface area contributed by atoms with Gasteiger partial charge in [0, 0.05) is 43.7 Å². The topological polar surface area (TPSA) is 91.4 Å². The number of hydrogen-bond donors (Lipinski definition) is 3. The lowest BCUT2D eigenvalue weighted by Gasteiger charge is -2.14. The van der Waals surface area contributed by atoms with E-state index in [9.17, 15) is 14.7 Å². The zero-order valence-corrected chi connectivity index (χ0v) is 18.1. The third-order valence-corrected chi connectivity index (χ3v) is 5.48. The lowest BCUT2D eigenvalue weighted by molar-refractivity contribution is -0.141. The van der Waals surface area contributed by atoms with Gasteiger partial charge in [-0.2, -0.15) is 0 Å². The molecule has 2 aromatic rings. The fourth-order valence-corrected chi connectivity index (χ4v) is 3.76. The number of unbranched alkanes of at least 4 members (excludes halogenated alkanes) is 8. The maximum Gasteiger partial charge on any atom is 0.326 e. The van der Waals surface area contributed by atoms with Gasteiger partial charge in [0.2, 0.25) is 5.91 Å². The van der Waals surface area contributed by atoms with Gasteiger partial charge in [-0.15, -0.1) is 0 Å². The van der Waals surface area contributed by atoms with Crippen molar-refractivity contribution < 1.29 is 19.4 Å². The summed E-state index contributed by atoms with van der Waals surface area (Å²) in [5.41, 5.74) is 1.87. The van der Waals surface area contributed by atoms with E-state index in [1.165, 1.54) is 32.1 Å². The third-order valence-electron chi connectivity index (χ3n) is 5.48. The second-order valence-corrected chi connectivity index (χ2v) is 7.95. The summed E-state index contributed by atoms with van der Waals surface area (Å²) in [6.07, 6.45) is 12.8. The Morgan fingerprint density at radius 2 is 1.63 bits per heavy atom. The van der Waals surface area contributed by atoms with Gasteiger partial charge in [0.25, 0.3) is 0 Å². The largest absolute Gasteiger partial charge is 0.480 e. The molecule has 0 aliphatic heterocycles. The Balaban J connectivity index is 1.61. The van der Waals surface area contributed by atoms with E-state index in [0.29, 0.717) is 6.42 Å². The number of carbonyl (C=O) groups excluding carboxylic acids is 1. The third kappa shape index (κ3) is 8.57. The number of benzene rings is 1. The molecule has 0 saturated carbocycles. The van der Waals surface area contributed by atoms with Gasteiger partial charge < -0.3 is 20.1 Å². The maximum atomic E-state index is 12.2. The molecule has 0 aliphatic rings. The molecule has 0 bridgehead atoms. The average Bonchev–Trinajstić information content (AvgIpc) is 3.14. The van der Waals surface area contributed by atoms with Crippen molar-refractivity contribution in [1.82, 2.24) is 10.3 Å². The van der Waals surface area contributed by atoms with Crippen molar-refractivity contribution in [1.29, 1.82) is 0 Å². The lowest BCUT2D eigenvalue weighted by Crippen LogP contribution is -2.42. The van der Waals surface area contributed by atoms with Crippen molar-refractivity contribution in [3.63, 3.8) is 0 Å². The summed E-state index contributed by atoms with van der Waals surface area (Å²) in [6, 6.07) is 6.86. The normalized spacial score (nSPS) is 12.2. The molecule has 1 amide bonds. The number of aromatic amines is 1. The van der Waals surface area contributed by atoms with Crippen molar-refractivity contribution in [3.05, 3.63) is 36.0 Å². The van der Waals surface area contributed by atoms with E-state index >= 15 is 0 Å². The van der Waals surface area contributed by atoms with E-state index in [1.807, 2.05) is 30.5 Å². The molecule has 1 aromatic heterocycles. The molecule has 1 atom stereocenters. The number of aromatic nitrogens is 1. The van der Waals surface area contributed by atoms with E-state index < -0.39 is 12.0 Å². The van der Waals surface area contributed by atoms with Crippen LogP contribution in [-0.2, 0) is 20.7 Å². The molecular formula is C24H36N2O4. The monoisotopic (exact) mass is 416 g/mol. The van der Waals surface area contributed by atoms with Crippen LogP contribution in [0.5, 0.6) is 0 Å². The SMILES string of the molecule is COCCCCCCCCCCCC(=O)N[C@H](Cc1c[nH]c2ccccc12)C(=O)O. The summed E-state index contributed by atoms with van der Waals surface area (Å²) in [5, 5.41) is 13.2. The molecule has 0 unspecified atom stereocenters. The number of hydrogen-bond acceptors (Lipinski definition) is 3. The highest BCUT2D eigenvalue weighted by atomic mass is 16.5. The van der Waals surface area contributed by atoms with Crippen LogP contribution in [0.4, 0.5) is 0 Å². The first-order chi connectivity index (χ1) is 14.6. The summed E-state index contributed by atoms with van der Waals surface area (Å²) in [6.45, 7) is 0.854. The Kier molecular flexibility index (Phi) is 11.0. The number of methoxy groups -OCH3 is 1. The van der Waals surface area contributed by atoms with E-state index in [1.54, 1.807) is 7.11 Å². The van der Waals surface area contributed by atoms with Gasteiger partial charge in [0.15, 0.2) is 0 Å². The van der Waals surface area contributed by atoms with Crippen molar-refractivity contribution in [2.45, 2.75) is 76.7 Å². The molecule has 3 N–H and O–H groups in total. The molecule has 1 heterocycles. The number of carboxylic acids is 1. The molecule has 30 heavy (non-hydrogen) atoms. The van der Waals surface area contributed by atoms with Gasteiger partial charge in [0.1, 0.15) is 6.04 Å². The molecular weight excluding hydrogens is 380 g/mol. The number of H-pyrrole nitrogens is 1. The van der Waals surface area contributed by atoms with E-state index in [4.69, 9.17) is 4.74 Å². The second kappa shape index (κ2) is 13.8. The molecule has 1 aromatic carbocycles. The second-order valence-electron chi connectivity index (χ2n) is 7.95. The molecule has 6 nitrogen and oxygen atoms in total. The maximum absolute atomic E-state index is 12.2.